The lowest BCUT2D eigenvalue weighted by Crippen LogP contribution is -2.36. The first-order valence-corrected chi connectivity index (χ1v) is 10.5. The minimum absolute atomic E-state index is 0.749. The number of anilines is 1. The molecular weight excluding hydrogens is 350 g/mol. The molecule has 1 saturated heterocycles. The van der Waals surface area contributed by atoms with Gasteiger partial charge in [0.1, 0.15) is 5.82 Å². The van der Waals surface area contributed by atoms with Crippen LogP contribution in [0.25, 0.3) is 22.2 Å². The molecule has 28 heavy (non-hydrogen) atoms. The molecule has 1 aliphatic carbocycles. The van der Waals surface area contributed by atoms with Crippen LogP contribution in [0.4, 0.5) is 5.82 Å². The number of H-pyrrole nitrogens is 1. The van der Waals surface area contributed by atoms with Crippen LogP contribution in [-0.2, 0) is 11.2 Å². The summed E-state index contributed by atoms with van der Waals surface area (Å²) in [6.45, 7) is 3.24. The summed E-state index contributed by atoms with van der Waals surface area (Å²) in [7, 11) is 0. The van der Waals surface area contributed by atoms with Gasteiger partial charge in [0.25, 0.3) is 0 Å². The lowest BCUT2D eigenvalue weighted by molar-refractivity contribution is 0.122. The molecule has 146 valence electrons. The molecule has 3 heterocycles. The van der Waals surface area contributed by atoms with Gasteiger partial charge >= 0.3 is 0 Å². The van der Waals surface area contributed by atoms with Crippen molar-refractivity contribution in [1.82, 2.24) is 20.2 Å². The third-order valence-corrected chi connectivity index (χ3v) is 6.11. The van der Waals surface area contributed by atoms with Crippen molar-refractivity contribution in [3.8, 4) is 11.1 Å². The minimum Gasteiger partial charge on any atom is -0.378 e. The molecule has 6 nitrogen and oxygen atoms in total. The van der Waals surface area contributed by atoms with Crippen LogP contribution in [0.3, 0.4) is 0 Å². The maximum absolute atomic E-state index is 5.45. The topological polar surface area (TPSA) is 66.9 Å². The van der Waals surface area contributed by atoms with E-state index in [1.807, 2.05) is 12.4 Å². The average molecular weight is 377 g/mol. The van der Waals surface area contributed by atoms with Crippen molar-refractivity contribution in [2.24, 2.45) is 5.92 Å². The Balaban J connectivity index is 1.43. The van der Waals surface area contributed by atoms with Gasteiger partial charge < -0.3 is 9.64 Å². The molecule has 0 atom stereocenters. The number of nitrogens with zero attached hydrogens (tertiary/aromatic N) is 4. The van der Waals surface area contributed by atoms with E-state index in [4.69, 9.17) is 9.72 Å². The van der Waals surface area contributed by atoms with Gasteiger partial charge in [0.2, 0.25) is 0 Å². The van der Waals surface area contributed by atoms with Gasteiger partial charge in [-0.25, -0.2) is 4.98 Å². The zero-order valence-corrected chi connectivity index (χ0v) is 16.2. The van der Waals surface area contributed by atoms with Gasteiger partial charge in [-0.3, -0.25) is 10.1 Å². The number of nitrogens with one attached hydrogen (secondary N) is 1. The first-order chi connectivity index (χ1) is 13.9. The highest BCUT2D eigenvalue weighted by Crippen LogP contribution is 2.31. The fourth-order valence-corrected chi connectivity index (χ4v) is 4.51. The molecule has 1 aromatic carbocycles. The smallest absolute Gasteiger partial charge is 0.148 e. The molecule has 2 aliphatic rings. The standard InChI is InChI=1S/C22H27N5O/c1-2-4-16(5-3-1)12-20-18(14-24-26-20)17-6-7-19-21(13-17)25-22(15-23-19)27-8-10-28-11-9-27/h6-7,13-16H,1-5,8-12H2,(H,24,26). The van der Waals surface area contributed by atoms with Gasteiger partial charge in [0, 0.05) is 24.3 Å². The van der Waals surface area contributed by atoms with Crippen LogP contribution in [0.15, 0.2) is 30.6 Å². The molecule has 0 unspecified atom stereocenters. The Morgan fingerprint density at radius 2 is 1.89 bits per heavy atom. The van der Waals surface area contributed by atoms with Crippen molar-refractivity contribution in [2.75, 3.05) is 31.2 Å². The number of hydrogen-bond donors (Lipinski definition) is 1. The van der Waals surface area contributed by atoms with Crippen molar-refractivity contribution in [2.45, 2.75) is 38.5 Å². The quantitative estimate of drug-likeness (QED) is 0.745. The summed E-state index contributed by atoms with van der Waals surface area (Å²) >= 11 is 0. The number of rotatable bonds is 4. The molecule has 0 bridgehead atoms. The third-order valence-electron chi connectivity index (χ3n) is 6.11. The molecule has 0 spiro atoms. The lowest BCUT2D eigenvalue weighted by Gasteiger charge is -2.27. The fraction of sp³-hybridized carbons (Fsp3) is 0.500. The van der Waals surface area contributed by atoms with Crippen LogP contribution in [-0.4, -0.2) is 46.5 Å². The number of aromatic amines is 1. The van der Waals surface area contributed by atoms with Crippen molar-refractivity contribution in [1.29, 1.82) is 0 Å². The van der Waals surface area contributed by atoms with E-state index < -0.39 is 0 Å². The first-order valence-electron chi connectivity index (χ1n) is 10.5. The first kappa shape index (κ1) is 17.6. The molecule has 1 aliphatic heterocycles. The second-order valence-electron chi connectivity index (χ2n) is 8.00. The van der Waals surface area contributed by atoms with E-state index >= 15 is 0 Å². The van der Waals surface area contributed by atoms with Crippen LogP contribution in [0.5, 0.6) is 0 Å². The monoisotopic (exact) mass is 377 g/mol. The lowest BCUT2D eigenvalue weighted by atomic mass is 9.85. The summed E-state index contributed by atoms with van der Waals surface area (Å²) in [6, 6.07) is 6.36. The van der Waals surface area contributed by atoms with Gasteiger partial charge in [-0.2, -0.15) is 5.10 Å². The molecule has 2 aromatic heterocycles. The van der Waals surface area contributed by atoms with E-state index in [0.717, 1.165) is 55.5 Å². The SMILES string of the molecule is c1cc2ncc(N3CCOCC3)nc2cc1-c1cn[nH]c1CC1CCCCC1. The van der Waals surface area contributed by atoms with E-state index in [-0.39, 0.29) is 0 Å². The summed E-state index contributed by atoms with van der Waals surface area (Å²) in [5.41, 5.74) is 5.49. The Labute approximate surface area is 165 Å². The van der Waals surface area contributed by atoms with Crippen LogP contribution in [0, 0.1) is 5.92 Å². The van der Waals surface area contributed by atoms with Crippen LogP contribution in [0.2, 0.25) is 0 Å². The number of aromatic nitrogens is 4. The number of benzene rings is 1. The number of hydrogen-bond acceptors (Lipinski definition) is 5. The predicted octanol–water partition coefficient (Wildman–Crippen LogP) is 3.98. The maximum atomic E-state index is 5.45. The van der Waals surface area contributed by atoms with Crippen LogP contribution in [0.1, 0.15) is 37.8 Å². The summed E-state index contributed by atoms with van der Waals surface area (Å²) < 4.78 is 5.45. The van der Waals surface area contributed by atoms with E-state index in [2.05, 4.69) is 38.3 Å². The Morgan fingerprint density at radius 3 is 2.75 bits per heavy atom. The Kier molecular flexibility index (Phi) is 4.95. The van der Waals surface area contributed by atoms with Gasteiger partial charge in [-0.15, -0.1) is 0 Å². The summed E-state index contributed by atoms with van der Waals surface area (Å²) in [4.78, 5) is 11.8. The molecule has 1 N–H and O–H groups in total. The molecule has 0 radical (unpaired) electrons. The highest BCUT2D eigenvalue weighted by molar-refractivity contribution is 5.82. The zero-order chi connectivity index (χ0) is 18.8. The van der Waals surface area contributed by atoms with E-state index in [1.54, 1.807) is 0 Å². The van der Waals surface area contributed by atoms with Crippen LogP contribution >= 0.6 is 0 Å². The van der Waals surface area contributed by atoms with Gasteiger partial charge in [0.15, 0.2) is 0 Å². The van der Waals surface area contributed by atoms with Gasteiger partial charge in [-0.05, 0) is 30.0 Å². The highest BCUT2D eigenvalue weighted by Gasteiger charge is 2.18. The number of morpholine rings is 1. The van der Waals surface area contributed by atoms with Crippen LogP contribution < -0.4 is 4.90 Å². The van der Waals surface area contributed by atoms with E-state index in [9.17, 15) is 0 Å². The molecular formula is C22H27N5O. The van der Waals surface area contributed by atoms with E-state index in [0.29, 0.717) is 0 Å². The highest BCUT2D eigenvalue weighted by atomic mass is 16.5. The van der Waals surface area contributed by atoms with E-state index in [1.165, 1.54) is 48.9 Å². The average Bonchev–Trinajstić information content (AvgIpc) is 3.22. The normalized spacial score (nSPS) is 18.6. The molecule has 5 rings (SSSR count). The predicted molar refractivity (Wildman–Crippen MR) is 110 cm³/mol. The minimum atomic E-state index is 0.749. The molecule has 1 saturated carbocycles. The summed E-state index contributed by atoms with van der Waals surface area (Å²) in [5, 5.41) is 7.61. The third kappa shape index (κ3) is 3.61. The summed E-state index contributed by atoms with van der Waals surface area (Å²) in [5.74, 6) is 1.71. The molecule has 0 amide bonds. The van der Waals surface area contributed by atoms with Crippen molar-refractivity contribution in [3.05, 3.63) is 36.3 Å². The molecule has 3 aromatic rings. The van der Waals surface area contributed by atoms with Crippen molar-refractivity contribution >= 4 is 16.9 Å². The molecule has 6 heteroatoms. The van der Waals surface area contributed by atoms with Crippen molar-refractivity contribution in [3.63, 3.8) is 0 Å². The second kappa shape index (κ2) is 7.87. The summed E-state index contributed by atoms with van der Waals surface area (Å²) in [6.07, 6.45) is 11.7. The maximum Gasteiger partial charge on any atom is 0.148 e. The number of ether oxygens (including phenoxy) is 1. The van der Waals surface area contributed by atoms with Gasteiger partial charge in [-0.1, -0.05) is 38.2 Å². The number of fused-ring (bicyclic) bond motifs is 1. The van der Waals surface area contributed by atoms with Gasteiger partial charge in [0.05, 0.1) is 36.6 Å². The Bertz CT molecular complexity index is 941. The fourth-order valence-electron chi connectivity index (χ4n) is 4.51. The van der Waals surface area contributed by atoms with Crippen molar-refractivity contribution < 1.29 is 4.74 Å². The zero-order valence-electron chi connectivity index (χ0n) is 16.2. The second-order valence-corrected chi connectivity index (χ2v) is 8.00. The largest absolute Gasteiger partial charge is 0.378 e. The Hall–Kier alpha value is -2.47. The molecule has 2 fully saturated rings. The Morgan fingerprint density at radius 1 is 1.04 bits per heavy atom.